The summed E-state index contributed by atoms with van der Waals surface area (Å²) in [7, 11) is 0. The van der Waals surface area contributed by atoms with E-state index in [9.17, 15) is 0 Å². The van der Waals surface area contributed by atoms with Gasteiger partial charge in [0.25, 0.3) is 0 Å². The Bertz CT molecular complexity index is 730. The van der Waals surface area contributed by atoms with Gasteiger partial charge in [0.05, 0.1) is 11.9 Å². The van der Waals surface area contributed by atoms with Crippen LogP contribution in [0.4, 0.5) is 5.82 Å². The van der Waals surface area contributed by atoms with Gasteiger partial charge in [0.15, 0.2) is 0 Å². The zero-order valence-electron chi connectivity index (χ0n) is 15.3. The Balaban J connectivity index is 1.46. The van der Waals surface area contributed by atoms with Crippen molar-refractivity contribution in [1.29, 1.82) is 0 Å². The van der Waals surface area contributed by atoms with Crippen LogP contribution in [-0.2, 0) is 19.4 Å². The minimum absolute atomic E-state index is 0.707. The number of piperidine rings is 1. The molecule has 2 aliphatic rings. The van der Waals surface area contributed by atoms with Crippen LogP contribution in [0.3, 0.4) is 0 Å². The largest absolute Gasteiger partial charge is 0.356 e. The van der Waals surface area contributed by atoms with Gasteiger partial charge in [-0.25, -0.2) is 9.97 Å². The molecule has 0 bridgehead atoms. The van der Waals surface area contributed by atoms with E-state index in [1.165, 1.54) is 35.5 Å². The van der Waals surface area contributed by atoms with E-state index in [-0.39, 0.29) is 0 Å². The van der Waals surface area contributed by atoms with Gasteiger partial charge in [-0.1, -0.05) is 0 Å². The number of hydrogen-bond donors (Lipinski definition) is 1. The summed E-state index contributed by atoms with van der Waals surface area (Å²) in [6, 6.07) is 0. The summed E-state index contributed by atoms with van der Waals surface area (Å²) in [6.45, 7) is 9.38. The van der Waals surface area contributed by atoms with Gasteiger partial charge in [0.1, 0.15) is 11.6 Å². The fraction of sp³-hybridized carbons (Fsp3) is 0.632. The van der Waals surface area contributed by atoms with Crippen LogP contribution in [0.2, 0.25) is 0 Å². The van der Waals surface area contributed by atoms with Crippen LogP contribution in [0.25, 0.3) is 0 Å². The number of anilines is 1. The lowest BCUT2D eigenvalue weighted by Crippen LogP contribution is -2.36. The monoisotopic (exact) mass is 340 g/mol. The van der Waals surface area contributed by atoms with Crippen LogP contribution >= 0.6 is 0 Å². The highest BCUT2D eigenvalue weighted by Crippen LogP contribution is 2.28. The van der Waals surface area contributed by atoms with Crippen molar-refractivity contribution in [3.63, 3.8) is 0 Å². The predicted molar refractivity (Wildman–Crippen MR) is 98.9 cm³/mol. The molecule has 2 aliphatic heterocycles. The summed E-state index contributed by atoms with van der Waals surface area (Å²) < 4.78 is 2.10. The van der Waals surface area contributed by atoms with Crippen molar-refractivity contribution in [1.82, 2.24) is 25.1 Å². The molecule has 0 saturated carbocycles. The number of aromatic nitrogens is 4. The van der Waals surface area contributed by atoms with Crippen LogP contribution < -0.4 is 10.2 Å². The molecule has 0 amide bonds. The lowest BCUT2D eigenvalue weighted by molar-refractivity contribution is 0.341. The van der Waals surface area contributed by atoms with E-state index in [1.807, 2.05) is 13.1 Å². The maximum absolute atomic E-state index is 4.83. The minimum Gasteiger partial charge on any atom is -0.356 e. The Morgan fingerprint density at radius 2 is 1.92 bits per heavy atom. The zero-order valence-corrected chi connectivity index (χ0v) is 15.3. The molecule has 134 valence electrons. The van der Waals surface area contributed by atoms with Crippen LogP contribution in [0.1, 0.15) is 35.5 Å². The number of nitrogens with one attached hydrogen (secondary N) is 1. The van der Waals surface area contributed by atoms with E-state index in [4.69, 9.17) is 9.97 Å². The van der Waals surface area contributed by atoms with Crippen LogP contribution in [0, 0.1) is 19.8 Å². The Hall–Kier alpha value is -1.95. The summed E-state index contributed by atoms with van der Waals surface area (Å²) in [4.78, 5) is 12.0. The third-order valence-electron chi connectivity index (χ3n) is 5.39. The molecule has 1 saturated heterocycles. The molecule has 4 rings (SSSR count). The first-order valence-corrected chi connectivity index (χ1v) is 9.50. The molecule has 0 radical (unpaired) electrons. The molecule has 2 aromatic rings. The normalized spacial score (nSPS) is 18.9. The first-order valence-electron chi connectivity index (χ1n) is 9.50. The van der Waals surface area contributed by atoms with Crippen molar-refractivity contribution >= 4 is 5.82 Å². The molecule has 0 atom stereocenters. The smallest absolute Gasteiger partial charge is 0.135 e. The molecule has 0 spiro atoms. The van der Waals surface area contributed by atoms with Crippen LogP contribution in [0.15, 0.2) is 12.4 Å². The number of rotatable bonds is 3. The van der Waals surface area contributed by atoms with E-state index in [2.05, 4.69) is 33.1 Å². The van der Waals surface area contributed by atoms with Crippen LogP contribution in [-0.4, -0.2) is 45.9 Å². The molecule has 6 heteroatoms. The summed E-state index contributed by atoms with van der Waals surface area (Å²) >= 11 is 0. The number of nitrogens with zero attached hydrogens (tertiary/aromatic N) is 5. The highest BCUT2D eigenvalue weighted by Gasteiger charge is 2.25. The van der Waals surface area contributed by atoms with E-state index in [0.29, 0.717) is 5.92 Å². The Kier molecular flexibility index (Phi) is 4.70. The van der Waals surface area contributed by atoms with Crippen molar-refractivity contribution in [3.8, 4) is 0 Å². The lowest BCUT2D eigenvalue weighted by Gasteiger charge is -2.34. The first kappa shape index (κ1) is 16.5. The van der Waals surface area contributed by atoms with Gasteiger partial charge in [-0.3, -0.25) is 4.68 Å². The molecular weight excluding hydrogens is 312 g/mol. The fourth-order valence-corrected chi connectivity index (χ4v) is 4.07. The van der Waals surface area contributed by atoms with E-state index >= 15 is 0 Å². The average molecular weight is 340 g/mol. The molecule has 0 aromatic carbocycles. The second-order valence-electron chi connectivity index (χ2n) is 7.44. The first-order chi connectivity index (χ1) is 12.2. The molecule has 2 aromatic heterocycles. The predicted octanol–water partition coefficient (Wildman–Crippen LogP) is 1.89. The van der Waals surface area contributed by atoms with E-state index in [0.717, 1.165) is 51.4 Å². The van der Waals surface area contributed by atoms with Gasteiger partial charge in [-0.15, -0.1) is 0 Å². The molecule has 0 unspecified atom stereocenters. The number of aryl methyl sites for hydroxylation is 2. The van der Waals surface area contributed by atoms with Gasteiger partial charge in [-0.2, -0.15) is 5.10 Å². The van der Waals surface area contributed by atoms with Crippen molar-refractivity contribution in [3.05, 3.63) is 35.0 Å². The SMILES string of the molecule is Cc1cnn(CC2CCN(c3nc(C)nc4c3CCNCC4)CC2)c1. The molecule has 0 aliphatic carbocycles. The maximum atomic E-state index is 4.83. The van der Waals surface area contributed by atoms with E-state index in [1.54, 1.807) is 0 Å². The third-order valence-corrected chi connectivity index (χ3v) is 5.39. The Morgan fingerprint density at radius 3 is 2.68 bits per heavy atom. The average Bonchev–Trinajstić information content (AvgIpc) is 2.87. The van der Waals surface area contributed by atoms with Crippen molar-refractivity contribution in [2.45, 2.75) is 46.1 Å². The summed E-state index contributed by atoms with van der Waals surface area (Å²) in [5.74, 6) is 2.81. The van der Waals surface area contributed by atoms with E-state index < -0.39 is 0 Å². The zero-order chi connectivity index (χ0) is 17.2. The number of hydrogen-bond acceptors (Lipinski definition) is 5. The second-order valence-corrected chi connectivity index (χ2v) is 7.44. The highest BCUT2D eigenvalue weighted by atomic mass is 15.3. The third kappa shape index (κ3) is 3.68. The summed E-state index contributed by atoms with van der Waals surface area (Å²) in [5, 5.41) is 7.93. The fourth-order valence-electron chi connectivity index (χ4n) is 4.07. The quantitative estimate of drug-likeness (QED) is 0.925. The van der Waals surface area contributed by atoms with Gasteiger partial charge in [0, 0.05) is 44.4 Å². The van der Waals surface area contributed by atoms with Gasteiger partial charge in [0.2, 0.25) is 0 Å². The van der Waals surface area contributed by atoms with Crippen molar-refractivity contribution in [2.75, 3.05) is 31.1 Å². The van der Waals surface area contributed by atoms with Gasteiger partial charge >= 0.3 is 0 Å². The molecule has 4 heterocycles. The van der Waals surface area contributed by atoms with Crippen molar-refractivity contribution < 1.29 is 0 Å². The molecule has 1 fully saturated rings. The lowest BCUT2D eigenvalue weighted by atomic mass is 9.96. The second kappa shape index (κ2) is 7.12. The van der Waals surface area contributed by atoms with Gasteiger partial charge < -0.3 is 10.2 Å². The number of fused-ring (bicyclic) bond motifs is 1. The molecule has 25 heavy (non-hydrogen) atoms. The van der Waals surface area contributed by atoms with Crippen molar-refractivity contribution in [2.24, 2.45) is 5.92 Å². The summed E-state index contributed by atoms with van der Waals surface area (Å²) in [6.07, 6.45) is 8.55. The van der Waals surface area contributed by atoms with Gasteiger partial charge in [-0.05, 0) is 51.1 Å². The molecular formula is C19H28N6. The molecule has 1 N–H and O–H groups in total. The topological polar surface area (TPSA) is 58.9 Å². The van der Waals surface area contributed by atoms with Crippen LogP contribution in [0.5, 0.6) is 0 Å². The summed E-state index contributed by atoms with van der Waals surface area (Å²) in [5.41, 5.74) is 3.86. The Labute approximate surface area is 149 Å². The minimum atomic E-state index is 0.707. The molecule has 6 nitrogen and oxygen atoms in total. The highest BCUT2D eigenvalue weighted by molar-refractivity contribution is 5.50. The standard InChI is InChI=1S/C19H28N6/c1-14-11-21-25(12-14)13-16-5-9-24(10-6-16)19-17-3-7-20-8-4-18(17)22-15(2)23-19/h11-12,16,20H,3-10,13H2,1-2H3. The Morgan fingerprint density at radius 1 is 1.12 bits per heavy atom. The maximum Gasteiger partial charge on any atom is 0.135 e.